The molecule has 1 aromatic heterocycles. The monoisotopic (exact) mass is 285 g/mol. The van der Waals surface area contributed by atoms with Gasteiger partial charge in [0.25, 0.3) is 5.91 Å². The van der Waals surface area contributed by atoms with Gasteiger partial charge in [-0.1, -0.05) is 0 Å². The average molecular weight is 285 g/mol. The number of nitrogens with zero attached hydrogens (tertiary/aromatic N) is 1. The summed E-state index contributed by atoms with van der Waals surface area (Å²) in [5.41, 5.74) is 4.28. The minimum Gasteiger partial charge on any atom is -0.358 e. The molecule has 0 spiro atoms. The maximum absolute atomic E-state index is 12.7. The highest BCUT2D eigenvalue weighted by molar-refractivity contribution is 5.99. The molecular formula is C17H23N3O. The van der Waals surface area contributed by atoms with Crippen molar-refractivity contribution in [1.82, 2.24) is 15.2 Å². The topological polar surface area (TPSA) is 48.1 Å². The zero-order valence-corrected chi connectivity index (χ0v) is 13.0. The van der Waals surface area contributed by atoms with Crippen molar-refractivity contribution in [3.05, 3.63) is 35.0 Å². The van der Waals surface area contributed by atoms with E-state index in [0.717, 1.165) is 42.4 Å². The van der Waals surface area contributed by atoms with Crippen LogP contribution in [0.4, 0.5) is 0 Å². The van der Waals surface area contributed by atoms with Crippen molar-refractivity contribution in [1.29, 1.82) is 0 Å². The Bertz CT molecular complexity index is 668. The lowest BCUT2D eigenvalue weighted by Gasteiger charge is -2.31. The van der Waals surface area contributed by atoms with Crippen LogP contribution < -0.4 is 5.32 Å². The van der Waals surface area contributed by atoms with Crippen molar-refractivity contribution < 1.29 is 4.79 Å². The summed E-state index contributed by atoms with van der Waals surface area (Å²) >= 11 is 0. The van der Waals surface area contributed by atoms with Crippen molar-refractivity contribution in [2.45, 2.75) is 32.7 Å². The maximum atomic E-state index is 12.7. The molecule has 4 heteroatoms. The van der Waals surface area contributed by atoms with Gasteiger partial charge in [-0.05, 0) is 63.5 Å². The van der Waals surface area contributed by atoms with Gasteiger partial charge >= 0.3 is 0 Å². The van der Waals surface area contributed by atoms with Gasteiger partial charge in [0, 0.05) is 35.2 Å². The Morgan fingerprint density at radius 3 is 2.67 bits per heavy atom. The lowest BCUT2D eigenvalue weighted by Crippen LogP contribution is -2.43. The van der Waals surface area contributed by atoms with Crippen molar-refractivity contribution in [3.63, 3.8) is 0 Å². The van der Waals surface area contributed by atoms with Crippen LogP contribution in [0.3, 0.4) is 0 Å². The fourth-order valence-corrected chi connectivity index (χ4v) is 3.16. The lowest BCUT2D eigenvalue weighted by atomic mass is 10.0. The van der Waals surface area contributed by atoms with Crippen molar-refractivity contribution in [2.75, 3.05) is 20.1 Å². The smallest absolute Gasteiger partial charge is 0.253 e. The Labute approximate surface area is 125 Å². The van der Waals surface area contributed by atoms with E-state index in [1.165, 1.54) is 11.3 Å². The van der Waals surface area contributed by atoms with E-state index in [1.54, 1.807) is 0 Å². The number of carbonyl (C=O) groups is 1. The minimum atomic E-state index is 0.127. The Kier molecular flexibility index (Phi) is 3.72. The Hall–Kier alpha value is -1.81. The van der Waals surface area contributed by atoms with Gasteiger partial charge in [0.1, 0.15) is 0 Å². The van der Waals surface area contributed by atoms with E-state index in [4.69, 9.17) is 0 Å². The molecule has 2 aromatic rings. The standard InChI is InChI=1S/C17H23N3O/c1-11-12(2)19-16-5-4-13(10-15(11)16)17(21)20(3)14-6-8-18-9-7-14/h4-5,10,14,18-19H,6-9H2,1-3H3. The van der Waals surface area contributed by atoms with Crippen LogP contribution in [0.2, 0.25) is 0 Å². The fraction of sp³-hybridized carbons (Fsp3) is 0.471. The molecule has 0 saturated carbocycles. The SMILES string of the molecule is Cc1[nH]c2ccc(C(=O)N(C)C3CCNCC3)cc2c1C. The zero-order chi connectivity index (χ0) is 15.0. The number of carbonyl (C=O) groups excluding carboxylic acids is 1. The summed E-state index contributed by atoms with van der Waals surface area (Å²) in [6.45, 7) is 6.16. The molecular weight excluding hydrogens is 262 g/mol. The van der Waals surface area contributed by atoms with Gasteiger partial charge in [-0.3, -0.25) is 4.79 Å². The van der Waals surface area contributed by atoms with Gasteiger partial charge in [-0.2, -0.15) is 0 Å². The molecule has 21 heavy (non-hydrogen) atoms. The predicted molar refractivity (Wildman–Crippen MR) is 85.8 cm³/mol. The molecule has 2 N–H and O–H groups in total. The highest BCUT2D eigenvalue weighted by Gasteiger charge is 2.23. The van der Waals surface area contributed by atoms with E-state index in [2.05, 4.69) is 24.1 Å². The number of aromatic nitrogens is 1. The molecule has 1 aliphatic heterocycles. The quantitative estimate of drug-likeness (QED) is 0.891. The Morgan fingerprint density at radius 2 is 1.95 bits per heavy atom. The fourth-order valence-electron chi connectivity index (χ4n) is 3.16. The molecule has 3 rings (SSSR count). The summed E-state index contributed by atoms with van der Waals surface area (Å²) in [5.74, 6) is 0.127. The highest BCUT2D eigenvalue weighted by Crippen LogP contribution is 2.23. The summed E-state index contributed by atoms with van der Waals surface area (Å²) in [5, 5.41) is 4.49. The maximum Gasteiger partial charge on any atom is 0.253 e. The number of benzene rings is 1. The third kappa shape index (κ3) is 2.56. The Morgan fingerprint density at radius 1 is 1.24 bits per heavy atom. The second kappa shape index (κ2) is 5.53. The van der Waals surface area contributed by atoms with Crippen LogP contribution in [0.25, 0.3) is 10.9 Å². The first-order chi connectivity index (χ1) is 10.1. The van der Waals surface area contributed by atoms with E-state index >= 15 is 0 Å². The third-order valence-electron chi connectivity index (χ3n) is 4.73. The van der Waals surface area contributed by atoms with Crippen molar-refractivity contribution >= 4 is 16.8 Å². The summed E-state index contributed by atoms with van der Waals surface area (Å²) in [7, 11) is 1.93. The molecule has 4 nitrogen and oxygen atoms in total. The number of H-pyrrole nitrogens is 1. The molecule has 1 saturated heterocycles. The number of aromatic amines is 1. The Balaban J connectivity index is 1.88. The van der Waals surface area contributed by atoms with Gasteiger partial charge in [0.2, 0.25) is 0 Å². The number of fused-ring (bicyclic) bond motifs is 1. The van der Waals surface area contributed by atoms with Gasteiger partial charge in [0.15, 0.2) is 0 Å². The van der Waals surface area contributed by atoms with E-state index in [-0.39, 0.29) is 5.91 Å². The van der Waals surface area contributed by atoms with Crippen LogP contribution in [0.5, 0.6) is 0 Å². The van der Waals surface area contributed by atoms with Gasteiger partial charge in [-0.15, -0.1) is 0 Å². The van der Waals surface area contributed by atoms with Crippen LogP contribution in [0, 0.1) is 13.8 Å². The number of rotatable bonds is 2. The average Bonchev–Trinajstić information content (AvgIpc) is 2.81. The molecule has 112 valence electrons. The largest absolute Gasteiger partial charge is 0.358 e. The molecule has 2 heterocycles. The molecule has 0 aliphatic carbocycles. The number of piperidine rings is 1. The molecule has 0 bridgehead atoms. The van der Waals surface area contributed by atoms with Gasteiger partial charge in [-0.25, -0.2) is 0 Å². The van der Waals surface area contributed by atoms with Crippen LogP contribution >= 0.6 is 0 Å². The third-order valence-corrected chi connectivity index (χ3v) is 4.73. The van der Waals surface area contributed by atoms with E-state index in [0.29, 0.717) is 6.04 Å². The van der Waals surface area contributed by atoms with Crippen LogP contribution in [-0.2, 0) is 0 Å². The van der Waals surface area contributed by atoms with E-state index < -0.39 is 0 Å². The lowest BCUT2D eigenvalue weighted by molar-refractivity contribution is 0.0703. The molecule has 1 amide bonds. The molecule has 0 unspecified atom stereocenters. The number of nitrogens with one attached hydrogen (secondary N) is 2. The van der Waals surface area contributed by atoms with Crippen LogP contribution in [-0.4, -0.2) is 42.0 Å². The predicted octanol–water partition coefficient (Wildman–Crippen LogP) is 2.61. The van der Waals surface area contributed by atoms with Crippen molar-refractivity contribution in [3.8, 4) is 0 Å². The van der Waals surface area contributed by atoms with E-state index in [9.17, 15) is 4.79 Å². The first kappa shape index (κ1) is 14.1. The molecule has 1 fully saturated rings. The molecule has 1 aliphatic rings. The minimum absolute atomic E-state index is 0.127. The number of hydrogen-bond donors (Lipinski definition) is 2. The summed E-state index contributed by atoms with van der Waals surface area (Å²) < 4.78 is 0. The second-order valence-corrected chi connectivity index (χ2v) is 6.03. The van der Waals surface area contributed by atoms with Crippen LogP contribution in [0.1, 0.15) is 34.5 Å². The molecule has 0 radical (unpaired) electrons. The first-order valence-electron chi connectivity index (χ1n) is 7.64. The molecule has 0 atom stereocenters. The number of amides is 1. The van der Waals surface area contributed by atoms with Gasteiger partial charge < -0.3 is 15.2 Å². The van der Waals surface area contributed by atoms with Gasteiger partial charge in [0.05, 0.1) is 0 Å². The zero-order valence-electron chi connectivity index (χ0n) is 13.0. The summed E-state index contributed by atoms with van der Waals surface area (Å²) in [6, 6.07) is 6.31. The number of hydrogen-bond acceptors (Lipinski definition) is 2. The summed E-state index contributed by atoms with van der Waals surface area (Å²) in [4.78, 5) is 18.0. The number of aryl methyl sites for hydroxylation is 2. The summed E-state index contributed by atoms with van der Waals surface area (Å²) in [6.07, 6.45) is 2.07. The van der Waals surface area contributed by atoms with Crippen molar-refractivity contribution in [2.24, 2.45) is 0 Å². The second-order valence-electron chi connectivity index (χ2n) is 6.03. The first-order valence-corrected chi connectivity index (χ1v) is 7.64. The molecule has 1 aromatic carbocycles. The normalized spacial score (nSPS) is 16.3. The van der Waals surface area contributed by atoms with E-state index in [1.807, 2.05) is 30.1 Å². The van der Waals surface area contributed by atoms with Crippen LogP contribution in [0.15, 0.2) is 18.2 Å². The highest BCUT2D eigenvalue weighted by atomic mass is 16.2.